The first-order valence-electron chi connectivity index (χ1n) is 9.21. The smallest absolute Gasteiger partial charge is 0.257 e. The van der Waals surface area contributed by atoms with E-state index in [1.165, 1.54) is 4.90 Å². The van der Waals surface area contributed by atoms with Gasteiger partial charge in [-0.2, -0.15) is 0 Å². The van der Waals surface area contributed by atoms with E-state index in [0.717, 1.165) is 17.8 Å². The maximum Gasteiger partial charge on any atom is 0.257 e. The summed E-state index contributed by atoms with van der Waals surface area (Å²) in [6, 6.07) is 8.95. The zero-order valence-electron chi connectivity index (χ0n) is 15.7. The normalized spacial score (nSPS) is 14.0. The van der Waals surface area contributed by atoms with E-state index in [9.17, 15) is 18.0 Å². The van der Waals surface area contributed by atoms with Crippen LogP contribution in [0.25, 0.3) is 0 Å². The Kier molecular flexibility index (Phi) is 5.46. The summed E-state index contributed by atoms with van der Waals surface area (Å²) in [5.41, 5.74) is 0.309. The average Bonchev–Trinajstić information content (AvgIpc) is 2.79. The molecule has 154 valence electrons. The van der Waals surface area contributed by atoms with Crippen LogP contribution in [0.5, 0.6) is 0 Å². The first kappa shape index (κ1) is 19.6. The summed E-state index contributed by atoms with van der Waals surface area (Å²) in [5, 5.41) is 11.4. The van der Waals surface area contributed by atoms with Gasteiger partial charge >= 0.3 is 0 Å². The number of carbonyl (C=O) groups excluding carboxylic acids is 1. The van der Waals surface area contributed by atoms with Crippen LogP contribution in [0.4, 0.5) is 30.5 Å². The van der Waals surface area contributed by atoms with Gasteiger partial charge in [0.1, 0.15) is 0 Å². The number of amides is 1. The van der Waals surface area contributed by atoms with E-state index in [1.807, 2.05) is 11.0 Å². The minimum Gasteiger partial charge on any atom is -0.352 e. The van der Waals surface area contributed by atoms with E-state index < -0.39 is 28.9 Å². The number of pyridine rings is 1. The van der Waals surface area contributed by atoms with Gasteiger partial charge in [0.05, 0.1) is 17.4 Å². The second kappa shape index (κ2) is 8.36. The first-order chi connectivity index (χ1) is 14.5. The third kappa shape index (κ3) is 4.02. The molecule has 1 N–H and O–H groups in total. The van der Waals surface area contributed by atoms with Crippen molar-refractivity contribution in [3.63, 3.8) is 0 Å². The number of benzene rings is 1. The fourth-order valence-corrected chi connectivity index (χ4v) is 3.15. The number of hydrogen-bond donors (Lipinski definition) is 1. The molecule has 1 fully saturated rings. The Morgan fingerprint density at radius 1 is 0.933 bits per heavy atom. The lowest BCUT2D eigenvalue weighted by Gasteiger charge is -2.35. The van der Waals surface area contributed by atoms with Gasteiger partial charge < -0.3 is 15.1 Å². The monoisotopic (exact) mass is 414 g/mol. The van der Waals surface area contributed by atoms with Crippen LogP contribution >= 0.6 is 0 Å². The maximum atomic E-state index is 13.9. The largest absolute Gasteiger partial charge is 0.352 e. The van der Waals surface area contributed by atoms with Gasteiger partial charge in [0.25, 0.3) is 5.91 Å². The molecule has 3 heterocycles. The van der Waals surface area contributed by atoms with Crippen LogP contribution in [0.15, 0.2) is 48.8 Å². The molecule has 1 aliphatic rings. The second-order valence-electron chi connectivity index (χ2n) is 6.65. The van der Waals surface area contributed by atoms with E-state index in [4.69, 9.17) is 0 Å². The van der Waals surface area contributed by atoms with Gasteiger partial charge in [-0.25, -0.2) is 13.2 Å². The number of nitrogens with one attached hydrogen (secondary N) is 1. The highest BCUT2D eigenvalue weighted by atomic mass is 19.2. The van der Waals surface area contributed by atoms with Crippen LogP contribution in [0.3, 0.4) is 0 Å². The minimum absolute atomic E-state index is 0.286. The van der Waals surface area contributed by atoms with Gasteiger partial charge in [-0.1, -0.05) is 0 Å². The molecule has 7 nitrogen and oxygen atoms in total. The highest BCUT2D eigenvalue weighted by Gasteiger charge is 2.27. The minimum atomic E-state index is -1.64. The van der Waals surface area contributed by atoms with Gasteiger partial charge in [-0.15, -0.1) is 10.2 Å². The quantitative estimate of drug-likeness (QED) is 0.662. The van der Waals surface area contributed by atoms with Crippen molar-refractivity contribution in [1.29, 1.82) is 0 Å². The molecule has 1 aromatic carbocycles. The summed E-state index contributed by atoms with van der Waals surface area (Å²) >= 11 is 0. The number of hydrogen-bond acceptors (Lipinski definition) is 6. The number of piperazine rings is 1. The number of aromatic nitrogens is 3. The van der Waals surface area contributed by atoms with Crippen LogP contribution in [0, 0.1) is 17.5 Å². The Labute approximate surface area is 170 Å². The number of halogens is 3. The fourth-order valence-electron chi connectivity index (χ4n) is 3.15. The van der Waals surface area contributed by atoms with Gasteiger partial charge in [0, 0.05) is 32.4 Å². The van der Waals surface area contributed by atoms with E-state index in [1.54, 1.807) is 30.6 Å². The molecule has 0 atom stereocenters. The van der Waals surface area contributed by atoms with E-state index >= 15 is 0 Å². The predicted molar refractivity (Wildman–Crippen MR) is 104 cm³/mol. The molecule has 4 rings (SSSR count). The molecule has 30 heavy (non-hydrogen) atoms. The first-order valence-corrected chi connectivity index (χ1v) is 9.21. The maximum absolute atomic E-state index is 13.9. The summed E-state index contributed by atoms with van der Waals surface area (Å²) in [6.07, 6.45) is 3.34. The molecule has 0 saturated carbocycles. The van der Waals surface area contributed by atoms with Gasteiger partial charge in [0.2, 0.25) is 0 Å². The molecule has 0 aliphatic carbocycles. The number of nitrogens with zero attached hydrogens (tertiary/aromatic N) is 5. The number of rotatable bonds is 4. The molecule has 0 unspecified atom stereocenters. The molecule has 0 radical (unpaired) electrons. The standard InChI is InChI=1S/C20H17F3N6O/c21-15-4-3-14(18(22)19(15)23)20(30)29-10-8-28(9-11-29)17-6-5-16(26-27-17)25-13-2-1-7-24-12-13/h1-7,12H,8-11H2,(H,25,26). The zero-order valence-corrected chi connectivity index (χ0v) is 15.7. The SMILES string of the molecule is O=C(c1ccc(F)c(F)c1F)N1CCN(c2ccc(Nc3cccnc3)nn2)CC1. The molecule has 3 aromatic rings. The lowest BCUT2D eigenvalue weighted by atomic mass is 10.1. The average molecular weight is 414 g/mol. The molecular weight excluding hydrogens is 397 g/mol. The zero-order chi connectivity index (χ0) is 21.1. The summed E-state index contributed by atoms with van der Waals surface area (Å²) in [7, 11) is 0. The third-order valence-corrected chi connectivity index (χ3v) is 4.74. The molecule has 1 saturated heterocycles. The van der Waals surface area contributed by atoms with Gasteiger partial charge in [-0.3, -0.25) is 9.78 Å². The van der Waals surface area contributed by atoms with Crippen molar-refractivity contribution in [3.05, 3.63) is 71.8 Å². The third-order valence-electron chi connectivity index (χ3n) is 4.74. The van der Waals surface area contributed by atoms with Crippen molar-refractivity contribution < 1.29 is 18.0 Å². The van der Waals surface area contributed by atoms with Crippen molar-refractivity contribution in [2.45, 2.75) is 0 Å². The number of anilines is 3. The van der Waals surface area contributed by atoms with Crippen molar-refractivity contribution >= 4 is 23.2 Å². The van der Waals surface area contributed by atoms with E-state index in [-0.39, 0.29) is 13.1 Å². The molecule has 2 aromatic heterocycles. The summed E-state index contributed by atoms with van der Waals surface area (Å²) < 4.78 is 40.4. The number of carbonyl (C=O) groups is 1. The highest BCUT2D eigenvalue weighted by molar-refractivity contribution is 5.94. The van der Waals surface area contributed by atoms with Crippen molar-refractivity contribution in [2.24, 2.45) is 0 Å². The molecule has 0 spiro atoms. The second-order valence-corrected chi connectivity index (χ2v) is 6.65. The van der Waals surface area contributed by atoms with Crippen LogP contribution in [-0.4, -0.2) is 52.2 Å². The van der Waals surface area contributed by atoms with Crippen LogP contribution < -0.4 is 10.2 Å². The fraction of sp³-hybridized carbons (Fsp3) is 0.200. The lowest BCUT2D eigenvalue weighted by Crippen LogP contribution is -2.49. The Hall–Kier alpha value is -3.69. The van der Waals surface area contributed by atoms with Crippen LogP contribution in [0.2, 0.25) is 0 Å². The predicted octanol–water partition coefficient (Wildman–Crippen LogP) is 2.99. The van der Waals surface area contributed by atoms with Crippen LogP contribution in [-0.2, 0) is 0 Å². The summed E-state index contributed by atoms with van der Waals surface area (Å²) in [6.45, 7) is 1.46. The van der Waals surface area contributed by atoms with Gasteiger partial charge in [-0.05, 0) is 36.4 Å². The summed E-state index contributed by atoms with van der Waals surface area (Å²) in [4.78, 5) is 19.8. The lowest BCUT2D eigenvalue weighted by molar-refractivity contribution is 0.0740. The van der Waals surface area contributed by atoms with Crippen molar-refractivity contribution in [2.75, 3.05) is 36.4 Å². The van der Waals surface area contributed by atoms with Crippen LogP contribution in [0.1, 0.15) is 10.4 Å². The Morgan fingerprint density at radius 3 is 2.40 bits per heavy atom. The summed E-state index contributed by atoms with van der Waals surface area (Å²) in [5.74, 6) is -3.91. The van der Waals surface area contributed by atoms with Gasteiger partial charge in [0.15, 0.2) is 29.1 Å². The topological polar surface area (TPSA) is 74.2 Å². The Morgan fingerprint density at radius 2 is 1.73 bits per heavy atom. The molecule has 1 amide bonds. The molecular formula is C20H17F3N6O. The van der Waals surface area contributed by atoms with Crippen molar-refractivity contribution in [3.8, 4) is 0 Å². The van der Waals surface area contributed by atoms with E-state index in [2.05, 4.69) is 20.5 Å². The molecule has 0 bridgehead atoms. The Balaban J connectivity index is 1.37. The highest BCUT2D eigenvalue weighted by Crippen LogP contribution is 2.20. The van der Waals surface area contributed by atoms with E-state index in [0.29, 0.717) is 24.7 Å². The Bertz CT molecular complexity index is 1040. The molecule has 10 heteroatoms. The van der Waals surface area contributed by atoms with Crippen molar-refractivity contribution in [1.82, 2.24) is 20.1 Å². The molecule has 1 aliphatic heterocycles.